The molecule has 0 aliphatic carbocycles. The van der Waals surface area contributed by atoms with Crippen molar-refractivity contribution in [3.8, 4) is 0 Å². The summed E-state index contributed by atoms with van der Waals surface area (Å²) in [5.41, 5.74) is 0.955. The molecule has 1 aromatic heterocycles. The lowest BCUT2D eigenvalue weighted by molar-refractivity contribution is -0.0475. The predicted molar refractivity (Wildman–Crippen MR) is 55.1 cm³/mol. The van der Waals surface area contributed by atoms with Gasteiger partial charge in [0.2, 0.25) is 0 Å². The monoisotopic (exact) mass is 229 g/mol. The number of aliphatic hydroxyl groups excluding tert-OH is 1. The number of hydrogen-bond donors (Lipinski definition) is 2. The molecular formula is C10H9ClFNO2. The first-order chi connectivity index (χ1) is 7.00. The topological polar surface area (TPSA) is 45.4 Å². The van der Waals surface area contributed by atoms with Crippen LogP contribution >= 0.6 is 11.6 Å². The van der Waals surface area contributed by atoms with Crippen molar-refractivity contribution in [2.24, 2.45) is 7.05 Å². The van der Waals surface area contributed by atoms with Gasteiger partial charge in [-0.1, -0.05) is 11.6 Å². The maximum absolute atomic E-state index is 13.1. The molecule has 0 aliphatic heterocycles. The molecule has 0 radical (unpaired) electrons. The number of benzene rings is 1. The van der Waals surface area contributed by atoms with Crippen LogP contribution in [0.15, 0.2) is 18.2 Å². The summed E-state index contributed by atoms with van der Waals surface area (Å²) in [6.07, 6.45) is -1.58. The van der Waals surface area contributed by atoms with E-state index < -0.39 is 12.1 Å². The van der Waals surface area contributed by atoms with E-state index in [1.807, 2.05) is 0 Å². The van der Waals surface area contributed by atoms with Crippen LogP contribution in [0.5, 0.6) is 0 Å². The maximum Gasteiger partial charge on any atom is 0.194 e. The van der Waals surface area contributed by atoms with Crippen molar-refractivity contribution >= 4 is 22.5 Å². The van der Waals surface area contributed by atoms with E-state index in [4.69, 9.17) is 21.8 Å². The first-order valence-electron chi connectivity index (χ1n) is 4.31. The standard InChI is InChI=1S/C10H9ClFNO2/c1-13-8-4-6(11)7(12)2-5(8)3-9(13)10(14)15/h2-4,10,14-15H,1H3. The van der Waals surface area contributed by atoms with Crippen LogP contribution in [0.4, 0.5) is 4.39 Å². The smallest absolute Gasteiger partial charge is 0.194 e. The van der Waals surface area contributed by atoms with E-state index in [1.165, 1.54) is 18.2 Å². The quantitative estimate of drug-likeness (QED) is 0.735. The summed E-state index contributed by atoms with van der Waals surface area (Å²) in [6, 6.07) is 4.24. The zero-order valence-electron chi connectivity index (χ0n) is 7.91. The van der Waals surface area contributed by atoms with Gasteiger partial charge in [-0.15, -0.1) is 0 Å². The zero-order valence-corrected chi connectivity index (χ0v) is 8.66. The molecule has 0 unspecified atom stereocenters. The summed E-state index contributed by atoms with van der Waals surface area (Å²) in [4.78, 5) is 0. The fraction of sp³-hybridized carbons (Fsp3) is 0.200. The van der Waals surface area contributed by atoms with Crippen molar-refractivity contribution in [3.63, 3.8) is 0 Å². The average molecular weight is 230 g/mol. The Hall–Kier alpha value is -1.10. The normalized spacial score (nSPS) is 11.6. The van der Waals surface area contributed by atoms with Crippen LogP contribution < -0.4 is 0 Å². The summed E-state index contributed by atoms with van der Waals surface area (Å²) >= 11 is 5.64. The van der Waals surface area contributed by atoms with Crippen LogP contribution in [0.3, 0.4) is 0 Å². The molecule has 2 aromatic rings. The second kappa shape index (κ2) is 3.48. The minimum absolute atomic E-state index is 0.0164. The Labute approximate surface area is 90.3 Å². The highest BCUT2D eigenvalue weighted by molar-refractivity contribution is 6.31. The number of hydrogen-bond acceptors (Lipinski definition) is 2. The number of aliphatic hydroxyl groups is 2. The second-order valence-electron chi connectivity index (χ2n) is 3.33. The van der Waals surface area contributed by atoms with Crippen LogP contribution in [0, 0.1) is 5.82 Å². The number of fused-ring (bicyclic) bond motifs is 1. The van der Waals surface area contributed by atoms with Gasteiger partial charge in [0.1, 0.15) is 5.82 Å². The van der Waals surface area contributed by atoms with Gasteiger partial charge < -0.3 is 14.8 Å². The molecule has 3 nitrogen and oxygen atoms in total. The van der Waals surface area contributed by atoms with Gasteiger partial charge in [-0.2, -0.15) is 0 Å². The van der Waals surface area contributed by atoms with Gasteiger partial charge in [-0.3, -0.25) is 0 Å². The third kappa shape index (κ3) is 1.61. The van der Waals surface area contributed by atoms with E-state index >= 15 is 0 Å². The summed E-state index contributed by atoms with van der Waals surface area (Å²) in [7, 11) is 1.66. The van der Waals surface area contributed by atoms with Crippen molar-refractivity contribution < 1.29 is 14.6 Å². The molecule has 0 fully saturated rings. The van der Waals surface area contributed by atoms with Gasteiger partial charge in [-0.05, 0) is 18.2 Å². The van der Waals surface area contributed by atoms with E-state index in [1.54, 1.807) is 11.6 Å². The molecule has 1 heterocycles. The summed E-state index contributed by atoms with van der Waals surface area (Å²) in [6.45, 7) is 0. The van der Waals surface area contributed by atoms with Gasteiger partial charge in [0.05, 0.1) is 10.7 Å². The lowest BCUT2D eigenvalue weighted by Crippen LogP contribution is -2.02. The molecular weight excluding hydrogens is 221 g/mol. The Morgan fingerprint density at radius 2 is 2.00 bits per heavy atom. The van der Waals surface area contributed by atoms with Gasteiger partial charge in [-0.25, -0.2) is 4.39 Å². The average Bonchev–Trinajstić information content (AvgIpc) is 2.46. The Morgan fingerprint density at radius 3 is 2.60 bits per heavy atom. The van der Waals surface area contributed by atoms with E-state index in [0.29, 0.717) is 16.6 Å². The largest absolute Gasteiger partial charge is 0.363 e. The molecule has 80 valence electrons. The fourth-order valence-corrected chi connectivity index (χ4v) is 1.76. The van der Waals surface area contributed by atoms with Crippen molar-refractivity contribution in [2.75, 3.05) is 0 Å². The van der Waals surface area contributed by atoms with Gasteiger partial charge in [0.15, 0.2) is 6.29 Å². The maximum atomic E-state index is 13.1. The number of aromatic nitrogens is 1. The fourth-order valence-electron chi connectivity index (χ4n) is 1.60. The van der Waals surface area contributed by atoms with Crippen molar-refractivity contribution in [1.82, 2.24) is 4.57 Å². The first kappa shape index (κ1) is 10.4. The predicted octanol–water partition coefficient (Wildman–Crippen LogP) is 1.95. The summed E-state index contributed by atoms with van der Waals surface area (Å²) in [5, 5.41) is 18.7. The number of rotatable bonds is 1. The molecule has 0 atom stereocenters. The lowest BCUT2D eigenvalue weighted by atomic mass is 10.2. The Balaban J connectivity index is 2.77. The summed E-state index contributed by atoms with van der Waals surface area (Å²) < 4.78 is 14.7. The van der Waals surface area contributed by atoms with Crippen LogP contribution in [-0.4, -0.2) is 14.8 Å². The van der Waals surface area contributed by atoms with E-state index in [0.717, 1.165) is 0 Å². The molecule has 0 aliphatic rings. The molecule has 5 heteroatoms. The Kier molecular flexibility index (Phi) is 2.42. The zero-order chi connectivity index (χ0) is 11.2. The molecule has 0 saturated heterocycles. The number of aryl methyl sites for hydroxylation is 1. The van der Waals surface area contributed by atoms with Gasteiger partial charge >= 0.3 is 0 Å². The van der Waals surface area contributed by atoms with E-state index in [2.05, 4.69) is 0 Å². The Morgan fingerprint density at radius 1 is 1.33 bits per heavy atom. The van der Waals surface area contributed by atoms with Crippen LogP contribution in [0.2, 0.25) is 5.02 Å². The van der Waals surface area contributed by atoms with E-state index in [9.17, 15) is 4.39 Å². The van der Waals surface area contributed by atoms with Crippen LogP contribution in [0.1, 0.15) is 12.0 Å². The minimum atomic E-state index is -1.58. The third-order valence-corrected chi connectivity index (χ3v) is 2.68. The van der Waals surface area contributed by atoms with Crippen molar-refractivity contribution in [2.45, 2.75) is 6.29 Å². The molecule has 1 aromatic carbocycles. The SMILES string of the molecule is Cn1c(C(O)O)cc2cc(F)c(Cl)cc21. The number of halogens is 2. The van der Waals surface area contributed by atoms with Crippen LogP contribution in [-0.2, 0) is 7.05 Å². The molecule has 0 amide bonds. The molecule has 0 bridgehead atoms. The number of nitrogens with zero attached hydrogens (tertiary/aromatic N) is 1. The Bertz CT molecular complexity index is 522. The third-order valence-electron chi connectivity index (χ3n) is 2.39. The summed E-state index contributed by atoms with van der Waals surface area (Å²) in [5.74, 6) is -0.520. The lowest BCUT2D eigenvalue weighted by Gasteiger charge is -2.05. The van der Waals surface area contributed by atoms with Gasteiger partial charge in [0.25, 0.3) is 0 Å². The van der Waals surface area contributed by atoms with Crippen molar-refractivity contribution in [3.05, 3.63) is 34.7 Å². The highest BCUT2D eigenvalue weighted by Gasteiger charge is 2.13. The van der Waals surface area contributed by atoms with Crippen LogP contribution in [0.25, 0.3) is 10.9 Å². The highest BCUT2D eigenvalue weighted by atomic mass is 35.5. The molecule has 15 heavy (non-hydrogen) atoms. The second-order valence-corrected chi connectivity index (χ2v) is 3.73. The minimum Gasteiger partial charge on any atom is -0.363 e. The molecule has 2 rings (SSSR count). The molecule has 2 N–H and O–H groups in total. The molecule has 0 saturated carbocycles. The molecule has 0 spiro atoms. The van der Waals surface area contributed by atoms with Crippen molar-refractivity contribution in [1.29, 1.82) is 0 Å². The highest BCUT2D eigenvalue weighted by Crippen LogP contribution is 2.27. The van der Waals surface area contributed by atoms with E-state index in [-0.39, 0.29) is 5.02 Å². The first-order valence-corrected chi connectivity index (χ1v) is 4.69. The van der Waals surface area contributed by atoms with Gasteiger partial charge in [0, 0.05) is 18.0 Å².